The van der Waals surface area contributed by atoms with E-state index in [9.17, 15) is 0 Å². The molecule has 1 aromatic rings. The van der Waals surface area contributed by atoms with Gasteiger partial charge in [0.25, 0.3) is 0 Å². The highest BCUT2D eigenvalue weighted by molar-refractivity contribution is 5.60. The molecular formula is C13H16N2. The molecule has 1 aliphatic carbocycles. The summed E-state index contributed by atoms with van der Waals surface area (Å²) in [6.07, 6.45) is 5.58. The summed E-state index contributed by atoms with van der Waals surface area (Å²) in [7, 11) is 2.16. The molecule has 2 heteroatoms. The molecule has 3 rings (SSSR count). The van der Waals surface area contributed by atoms with Gasteiger partial charge in [-0.3, -0.25) is 4.99 Å². The van der Waals surface area contributed by atoms with Crippen LogP contribution >= 0.6 is 0 Å². The fourth-order valence-corrected chi connectivity index (χ4v) is 2.79. The highest BCUT2D eigenvalue weighted by Gasteiger charge is 2.39. The molecule has 2 aliphatic rings. The second-order valence-corrected chi connectivity index (χ2v) is 4.74. The van der Waals surface area contributed by atoms with Crippen LogP contribution in [-0.4, -0.2) is 30.4 Å². The highest BCUT2D eigenvalue weighted by atomic mass is 15.3. The second-order valence-electron chi connectivity index (χ2n) is 4.74. The number of rotatable bonds is 0. The minimum atomic E-state index is 0.286. The molecule has 1 spiro atoms. The van der Waals surface area contributed by atoms with E-state index in [-0.39, 0.29) is 5.54 Å². The Balaban J connectivity index is 1.95. The van der Waals surface area contributed by atoms with Crippen molar-refractivity contribution in [2.45, 2.75) is 24.8 Å². The van der Waals surface area contributed by atoms with Gasteiger partial charge in [0.2, 0.25) is 0 Å². The van der Waals surface area contributed by atoms with E-state index in [0.717, 1.165) is 13.0 Å². The molecule has 78 valence electrons. The van der Waals surface area contributed by atoms with E-state index < -0.39 is 0 Å². The maximum Gasteiger partial charge on any atom is 0.0853 e. The molecule has 1 atom stereocenters. The van der Waals surface area contributed by atoms with Crippen LogP contribution in [0.4, 0.5) is 0 Å². The van der Waals surface area contributed by atoms with Gasteiger partial charge in [-0.15, -0.1) is 0 Å². The normalized spacial score (nSPS) is 28.5. The van der Waals surface area contributed by atoms with Crippen molar-refractivity contribution in [1.29, 1.82) is 0 Å². The zero-order valence-corrected chi connectivity index (χ0v) is 9.11. The average Bonchev–Trinajstić information content (AvgIpc) is 2.60. The maximum absolute atomic E-state index is 4.42. The summed E-state index contributed by atoms with van der Waals surface area (Å²) in [6, 6.07) is 8.82. The molecule has 0 saturated carbocycles. The summed E-state index contributed by atoms with van der Waals surface area (Å²) >= 11 is 0. The number of aliphatic imine (C=N–C) groups is 1. The van der Waals surface area contributed by atoms with Crippen LogP contribution in [0, 0.1) is 0 Å². The molecule has 1 unspecified atom stereocenters. The van der Waals surface area contributed by atoms with Gasteiger partial charge in [-0.2, -0.15) is 0 Å². The van der Waals surface area contributed by atoms with Gasteiger partial charge in [-0.1, -0.05) is 24.3 Å². The third-order valence-corrected chi connectivity index (χ3v) is 3.89. The number of fused-ring (bicyclic) bond motifs is 1. The molecule has 0 fully saturated rings. The van der Waals surface area contributed by atoms with Gasteiger partial charge in [-0.25, -0.2) is 0 Å². The van der Waals surface area contributed by atoms with Gasteiger partial charge in [0.05, 0.1) is 18.4 Å². The van der Waals surface area contributed by atoms with Crippen molar-refractivity contribution >= 4 is 6.34 Å². The molecule has 0 amide bonds. The molecule has 0 saturated heterocycles. The van der Waals surface area contributed by atoms with Gasteiger partial charge in [-0.05, 0) is 30.4 Å². The standard InChI is InChI=1S/C13H16N2/c1-15-10-14-9-13(15)7-6-11-4-2-3-5-12(11)8-13/h2-5,10H,6-9H2,1H3. The van der Waals surface area contributed by atoms with Crippen molar-refractivity contribution in [3.8, 4) is 0 Å². The first kappa shape index (κ1) is 8.96. The van der Waals surface area contributed by atoms with E-state index in [0.29, 0.717) is 0 Å². The Labute approximate surface area is 90.6 Å². The molecular weight excluding hydrogens is 184 g/mol. The van der Waals surface area contributed by atoms with E-state index in [1.54, 1.807) is 0 Å². The van der Waals surface area contributed by atoms with Gasteiger partial charge < -0.3 is 4.90 Å². The van der Waals surface area contributed by atoms with Gasteiger partial charge in [0.15, 0.2) is 0 Å². The molecule has 0 aromatic heterocycles. The Morgan fingerprint density at radius 3 is 2.80 bits per heavy atom. The van der Waals surface area contributed by atoms with E-state index in [4.69, 9.17) is 0 Å². The molecule has 0 bridgehead atoms. The van der Waals surface area contributed by atoms with Crippen molar-refractivity contribution in [1.82, 2.24) is 4.90 Å². The van der Waals surface area contributed by atoms with Crippen LogP contribution in [0.3, 0.4) is 0 Å². The number of hydrogen-bond donors (Lipinski definition) is 0. The lowest BCUT2D eigenvalue weighted by atomic mass is 9.77. The summed E-state index contributed by atoms with van der Waals surface area (Å²) in [5.41, 5.74) is 3.33. The molecule has 1 heterocycles. The third kappa shape index (κ3) is 1.28. The first-order valence-corrected chi connectivity index (χ1v) is 5.60. The third-order valence-electron chi connectivity index (χ3n) is 3.89. The molecule has 1 aliphatic heterocycles. The van der Waals surface area contributed by atoms with Crippen molar-refractivity contribution in [3.05, 3.63) is 35.4 Å². The fourth-order valence-electron chi connectivity index (χ4n) is 2.79. The Morgan fingerprint density at radius 1 is 1.27 bits per heavy atom. The SMILES string of the molecule is CN1C=NCC12CCc1ccccc1C2. The monoisotopic (exact) mass is 200 g/mol. The van der Waals surface area contributed by atoms with Crippen LogP contribution in [-0.2, 0) is 12.8 Å². The minimum absolute atomic E-state index is 0.286. The summed E-state index contributed by atoms with van der Waals surface area (Å²) in [5, 5.41) is 0. The predicted molar refractivity (Wildman–Crippen MR) is 62.3 cm³/mol. The van der Waals surface area contributed by atoms with E-state index >= 15 is 0 Å². The Hall–Kier alpha value is -1.31. The van der Waals surface area contributed by atoms with Crippen molar-refractivity contribution < 1.29 is 0 Å². The summed E-state index contributed by atoms with van der Waals surface area (Å²) < 4.78 is 0. The van der Waals surface area contributed by atoms with Crippen molar-refractivity contribution in [2.75, 3.05) is 13.6 Å². The lowest BCUT2D eigenvalue weighted by molar-refractivity contribution is 0.213. The summed E-state index contributed by atoms with van der Waals surface area (Å²) in [5.74, 6) is 0. The van der Waals surface area contributed by atoms with Gasteiger partial charge >= 0.3 is 0 Å². The van der Waals surface area contributed by atoms with E-state index in [2.05, 4.69) is 41.2 Å². The van der Waals surface area contributed by atoms with Crippen LogP contribution in [0.5, 0.6) is 0 Å². The number of hydrogen-bond acceptors (Lipinski definition) is 2. The van der Waals surface area contributed by atoms with Crippen LogP contribution in [0.25, 0.3) is 0 Å². The number of benzene rings is 1. The molecule has 0 radical (unpaired) electrons. The van der Waals surface area contributed by atoms with Crippen LogP contribution < -0.4 is 0 Å². The fraction of sp³-hybridized carbons (Fsp3) is 0.462. The Kier molecular flexibility index (Phi) is 1.84. The topological polar surface area (TPSA) is 15.6 Å². The lowest BCUT2D eigenvalue weighted by Crippen LogP contribution is -2.48. The molecule has 1 aromatic carbocycles. The molecule has 2 nitrogen and oxygen atoms in total. The lowest BCUT2D eigenvalue weighted by Gasteiger charge is -2.40. The zero-order valence-electron chi connectivity index (χ0n) is 9.11. The van der Waals surface area contributed by atoms with Crippen LogP contribution in [0.15, 0.2) is 29.3 Å². The predicted octanol–water partition coefficient (Wildman–Crippen LogP) is 1.89. The van der Waals surface area contributed by atoms with E-state index in [1.165, 1.54) is 24.0 Å². The number of likely N-dealkylation sites (N-methyl/N-ethyl adjacent to an activating group) is 1. The first-order chi connectivity index (χ1) is 7.30. The zero-order chi connectivity index (χ0) is 10.3. The van der Waals surface area contributed by atoms with Crippen LogP contribution in [0.2, 0.25) is 0 Å². The number of nitrogens with zero attached hydrogens (tertiary/aromatic N) is 2. The summed E-state index contributed by atoms with van der Waals surface area (Å²) in [6.45, 7) is 0.970. The van der Waals surface area contributed by atoms with Gasteiger partial charge in [0.1, 0.15) is 0 Å². The second kappa shape index (κ2) is 3.09. The Bertz CT molecular complexity index is 411. The largest absolute Gasteiger partial charge is 0.358 e. The van der Waals surface area contributed by atoms with E-state index in [1.807, 2.05) is 6.34 Å². The molecule has 0 N–H and O–H groups in total. The first-order valence-electron chi connectivity index (χ1n) is 5.60. The van der Waals surface area contributed by atoms with Crippen LogP contribution in [0.1, 0.15) is 17.5 Å². The minimum Gasteiger partial charge on any atom is -0.358 e. The maximum atomic E-state index is 4.42. The van der Waals surface area contributed by atoms with Crippen molar-refractivity contribution in [2.24, 2.45) is 4.99 Å². The molecule has 15 heavy (non-hydrogen) atoms. The smallest absolute Gasteiger partial charge is 0.0853 e. The quantitative estimate of drug-likeness (QED) is 0.624. The Morgan fingerprint density at radius 2 is 2.07 bits per heavy atom. The van der Waals surface area contributed by atoms with Crippen molar-refractivity contribution in [3.63, 3.8) is 0 Å². The average molecular weight is 200 g/mol. The summed E-state index contributed by atoms with van der Waals surface area (Å²) in [4.78, 5) is 6.72. The highest BCUT2D eigenvalue weighted by Crippen LogP contribution is 2.34. The number of aryl methyl sites for hydroxylation is 1. The van der Waals surface area contributed by atoms with Gasteiger partial charge in [0, 0.05) is 7.05 Å².